The summed E-state index contributed by atoms with van der Waals surface area (Å²) in [5.41, 5.74) is -1.23. The average molecular weight is 243 g/mol. The Hall–Kier alpha value is -0.920. The van der Waals surface area contributed by atoms with E-state index in [1.807, 2.05) is 0 Å². The fraction of sp³-hybridized carbons (Fsp3) is 0.714. The molecule has 4 nitrogen and oxygen atoms in total. The molecule has 0 radical (unpaired) electrons. The summed E-state index contributed by atoms with van der Waals surface area (Å²) in [6.45, 7) is 0. The second-order valence-electron chi connectivity index (χ2n) is 3.30. The first-order chi connectivity index (χ1) is 6.75. The third kappa shape index (κ3) is 3.01. The van der Waals surface area contributed by atoms with E-state index in [4.69, 9.17) is 5.11 Å². The van der Waals surface area contributed by atoms with E-state index in [-0.39, 0.29) is 11.5 Å². The highest BCUT2D eigenvalue weighted by Gasteiger charge is 2.47. The number of halogens is 3. The highest BCUT2D eigenvalue weighted by molar-refractivity contribution is 8.00. The number of carboxylic acids is 1. The number of carbonyl (C=O) groups excluding carboxylic acids is 1. The predicted molar refractivity (Wildman–Crippen MR) is 46.5 cm³/mol. The van der Waals surface area contributed by atoms with Crippen LogP contribution in [0.3, 0.4) is 0 Å². The molecule has 0 saturated carbocycles. The first-order valence-corrected chi connectivity index (χ1v) is 5.10. The number of hydrogen-bond donors (Lipinski definition) is 2. The molecule has 0 aromatic heterocycles. The maximum atomic E-state index is 11.9. The van der Waals surface area contributed by atoms with Gasteiger partial charge in [-0.1, -0.05) is 0 Å². The van der Waals surface area contributed by atoms with Crippen LogP contribution < -0.4 is 5.32 Å². The molecule has 2 N–H and O–H groups in total. The lowest BCUT2D eigenvalue weighted by atomic mass is 9.99. The Morgan fingerprint density at radius 1 is 1.40 bits per heavy atom. The molecule has 86 valence electrons. The van der Waals surface area contributed by atoms with E-state index in [9.17, 15) is 22.8 Å². The second kappa shape index (κ2) is 3.92. The second-order valence-corrected chi connectivity index (χ2v) is 4.28. The predicted octanol–water partition coefficient (Wildman–Crippen LogP) is 0.625. The molecule has 15 heavy (non-hydrogen) atoms. The van der Waals surface area contributed by atoms with Crippen LogP contribution >= 0.6 is 11.8 Å². The van der Waals surface area contributed by atoms with E-state index in [2.05, 4.69) is 0 Å². The number of hydrogen-bond acceptors (Lipinski definition) is 3. The van der Waals surface area contributed by atoms with Crippen molar-refractivity contribution >= 4 is 23.6 Å². The van der Waals surface area contributed by atoms with Crippen LogP contribution in [0.15, 0.2) is 0 Å². The van der Waals surface area contributed by atoms with Crippen molar-refractivity contribution in [2.24, 2.45) is 0 Å². The minimum Gasteiger partial charge on any atom is -0.481 e. The molecule has 0 unspecified atom stereocenters. The lowest BCUT2D eigenvalue weighted by Crippen LogP contribution is -2.61. The van der Waals surface area contributed by atoms with Gasteiger partial charge in [-0.15, -0.1) is 0 Å². The van der Waals surface area contributed by atoms with Crippen LogP contribution in [0.4, 0.5) is 13.2 Å². The molecule has 1 aliphatic heterocycles. The molecule has 0 aromatic carbocycles. The topological polar surface area (TPSA) is 66.4 Å². The van der Waals surface area contributed by atoms with Crippen molar-refractivity contribution in [3.05, 3.63) is 0 Å². The lowest BCUT2D eigenvalue weighted by Gasteiger charge is -2.40. The Morgan fingerprint density at radius 2 is 1.93 bits per heavy atom. The Labute approximate surface area is 87.2 Å². The Bertz CT molecular complexity index is 288. The number of rotatable bonds is 3. The van der Waals surface area contributed by atoms with Crippen LogP contribution in [0.1, 0.15) is 6.42 Å². The minimum absolute atomic E-state index is 0.196. The molecule has 1 fully saturated rings. The van der Waals surface area contributed by atoms with Gasteiger partial charge in [-0.3, -0.25) is 9.59 Å². The van der Waals surface area contributed by atoms with E-state index in [0.717, 1.165) is 0 Å². The van der Waals surface area contributed by atoms with Crippen LogP contribution in [-0.2, 0) is 9.59 Å². The number of amides is 1. The van der Waals surface area contributed by atoms with Crippen molar-refractivity contribution in [2.75, 3.05) is 11.5 Å². The highest BCUT2D eigenvalue weighted by Crippen LogP contribution is 2.33. The van der Waals surface area contributed by atoms with Crippen LogP contribution in [0.25, 0.3) is 0 Å². The monoisotopic (exact) mass is 243 g/mol. The molecule has 1 saturated heterocycles. The maximum absolute atomic E-state index is 11.9. The number of carbonyl (C=O) groups is 2. The van der Waals surface area contributed by atoms with Gasteiger partial charge in [-0.05, 0) is 0 Å². The van der Waals surface area contributed by atoms with E-state index in [1.165, 1.54) is 11.8 Å². The molecule has 1 rings (SSSR count). The standard InChI is InChI=1S/C7H8F3NO3S/c8-7(9,10)5(14)11-6(1-4(12)13)2-15-3-6/h1-3H2,(H,11,14)(H,12,13). The summed E-state index contributed by atoms with van der Waals surface area (Å²) < 4.78 is 35.7. The quantitative estimate of drug-likeness (QED) is 0.762. The number of carboxylic acid groups (broad SMARTS) is 1. The van der Waals surface area contributed by atoms with Crippen LogP contribution in [0.2, 0.25) is 0 Å². The van der Waals surface area contributed by atoms with Crippen molar-refractivity contribution in [1.82, 2.24) is 5.32 Å². The number of nitrogens with one attached hydrogen (secondary N) is 1. The molecule has 1 aliphatic rings. The number of thioether (sulfide) groups is 1. The van der Waals surface area contributed by atoms with Gasteiger partial charge in [0, 0.05) is 11.5 Å². The summed E-state index contributed by atoms with van der Waals surface area (Å²) in [5.74, 6) is -2.91. The fourth-order valence-corrected chi connectivity index (χ4v) is 2.21. The Morgan fingerprint density at radius 3 is 2.20 bits per heavy atom. The molecule has 0 atom stereocenters. The average Bonchev–Trinajstić information content (AvgIpc) is 1.97. The minimum atomic E-state index is -4.97. The van der Waals surface area contributed by atoms with Crippen molar-refractivity contribution in [3.63, 3.8) is 0 Å². The zero-order valence-corrected chi connectivity index (χ0v) is 8.24. The van der Waals surface area contributed by atoms with Crippen LogP contribution in [0, 0.1) is 0 Å². The molecule has 0 bridgehead atoms. The smallest absolute Gasteiger partial charge is 0.471 e. The van der Waals surface area contributed by atoms with Gasteiger partial charge in [0.2, 0.25) is 0 Å². The summed E-state index contributed by atoms with van der Waals surface area (Å²) >= 11 is 1.29. The molecule has 0 spiro atoms. The zero-order chi connectivity index (χ0) is 11.7. The van der Waals surface area contributed by atoms with Gasteiger partial charge in [-0.2, -0.15) is 24.9 Å². The van der Waals surface area contributed by atoms with Crippen LogP contribution in [-0.4, -0.2) is 40.2 Å². The molecule has 8 heteroatoms. The largest absolute Gasteiger partial charge is 0.481 e. The summed E-state index contributed by atoms with van der Waals surface area (Å²) in [5, 5.41) is 10.2. The third-order valence-corrected chi connectivity index (χ3v) is 3.40. The van der Waals surface area contributed by atoms with Crippen molar-refractivity contribution in [3.8, 4) is 0 Å². The van der Waals surface area contributed by atoms with Gasteiger partial charge in [0.05, 0.1) is 12.0 Å². The summed E-state index contributed by atoms with van der Waals surface area (Å²) in [6.07, 6.45) is -5.45. The summed E-state index contributed by atoms with van der Waals surface area (Å²) in [7, 11) is 0. The first-order valence-electron chi connectivity index (χ1n) is 3.94. The van der Waals surface area contributed by atoms with Gasteiger partial charge in [-0.25, -0.2) is 0 Å². The van der Waals surface area contributed by atoms with Gasteiger partial charge >= 0.3 is 18.1 Å². The molecule has 1 amide bonds. The fourth-order valence-electron chi connectivity index (χ4n) is 1.17. The van der Waals surface area contributed by atoms with E-state index in [0.29, 0.717) is 0 Å². The van der Waals surface area contributed by atoms with E-state index in [1.54, 1.807) is 5.32 Å². The van der Waals surface area contributed by atoms with Crippen molar-refractivity contribution in [1.29, 1.82) is 0 Å². The molecule has 1 heterocycles. The van der Waals surface area contributed by atoms with Gasteiger partial charge < -0.3 is 10.4 Å². The maximum Gasteiger partial charge on any atom is 0.471 e. The van der Waals surface area contributed by atoms with E-state index < -0.39 is 30.0 Å². The highest BCUT2D eigenvalue weighted by atomic mass is 32.2. The van der Waals surface area contributed by atoms with Crippen LogP contribution in [0.5, 0.6) is 0 Å². The van der Waals surface area contributed by atoms with Crippen molar-refractivity contribution < 1.29 is 27.9 Å². The van der Waals surface area contributed by atoms with Gasteiger partial charge in [0.15, 0.2) is 0 Å². The lowest BCUT2D eigenvalue weighted by molar-refractivity contribution is -0.175. The first kappa shape index (κ1) is 12.2. The number of alkyl halides is 3. The van der Waals surface area contributed by atoms with Crippen molar-refractivity contribution in [2.45, 2.75) is 18.1 Å². The SMILES string of the molecule is O=C(O)CC1(NC(=O)C(F)(F)F)CSC1. The Kier molecular flexibility index (Phi) is 3.17. The Balaban J connectivity index is 2.61. The molecule has 0 aliphatic carbocycles. The molecule has 0 aromatic rings. The van der Waals surface area contributed by atoms with E-state index >= 15 is 0 Å². The summed E-state index contributed by atoms with van der Waals surface area (Å²) in [6, 6.07) is 0. The zero-order valence-electron chi connectivity index (χ0n) is 7.43. The van der Waals surface area contributed by atoms with Gasteiger partial charge in [0.1, 0.15) is 0 Å². The summed E-state index contributed by atoms with van der Waals surface area (Å²) in [4.78, 5) is 21.0. The normalized spacial score (nSPS) is 19.1. The van der Waals surface area contributed by atoms with Gasteiger partial charge in [0.25, 0.3) is 0 Å². The molecular formula is C7H8F3NO3S. The molecular weight excluding hydrogens is 235 g/mol. The number of aliphatic carboxylic acids is 1. The third-order valence-electron chi connectivity index (χ3n) is 1.88.